The third-order valence-electron chi connectivity index (χ3n) is 4.02. The standard InChI is InChI=1S/C14H29N3O3S.ClH/c1-3-17(4-2)21(19,20)12-11-16-14(18)6-5-13-7-9-15-10-8-13;/h13,15H,3-12H2,1-2H3,(H,16,18);1H. The molecule has 0 spiro atoms. The van der Waals surface area contributed by atoms with Gasteiger partial charge in [-0.2, -0.15) is 0 Å². The second-order valence-electron chi connectivity index (χ2n) is 5.48. The van der Waals surface area contributed by atoms with Crippen molar-refractivity contribution in [2.45, 2.75) is 39.5 Å². The van der Waals surface area contributed by atoms with Gasteiger partial charge in [-0.05, 0) is 38.3 Å². The summed E-state index contributed by atoms with van der Waals surface area (Å²) in [7, 11) is -3.24. The van der Waals surface area contributed by atoms with Crippen LogP contribution in [0.3, 0.4) is 0 Å². The monoisotopic (exact) mass is 355 g/mol. The molecule has 0 aromatic rings. The predicted octanol–water partition coefficient (Wildman–Crippen LogP) is 0.976. The molecule has 0 unspecified atom stereocenters. The molecule has 0 radical (unpaired) electrons. The third kappa shape index (κ3) is 7.76. The van der Waals surface area contributed by atoms with Crippen LogP contribution < -0.4 is 10.6 Å². The van der Waals surface area contributed by atoms with E-state index >= 15 is 0 Å². The number of rotatable bonds is 9. The van der Waals surface area contributed by atoms with Crippen molar-refractivity contribution in [2.75, 3.05) is 38.5 Å². The number of piperidine rings is 1. The molecule has 0 aromatic heterocycles. The van der Waals surface area contributed by atoms with Crippen molar-refractivity contribution in [1.82, 2.24) is 14.9 Å². The first-order chi connectivity index (χ1) is 9.99. The summed E-state index contributed by atoms with van der Waals surface area (Å²) in [6.45, 7) is 6.86. The van der Waals surface area contributed by atoms with E-state index in [1.165, 1.54) is 4.31 Å². The molecule has 1 aliphatic heterocycles. The fourth-order valence-electron chi connectivity index (χ4n) is 2.66. The number of hydrogen-bond acceptors (Lipinski definition) is 4. The van der Waals surface area contributed by atoms with Crippen molar-refractivity contribution >= 4 is 28.3 Å². The van der Waals surface area contributed by atoms with Crippen LogP contribution in [0.25, 0.3) is 0 Å². The van der Waals surface area contributed by atoms with Crippen molar-refractivity contribution < 1.29 is 13.2 Å². The van der Waals surface area contributed by atoms with E-state index in [9.17, 15) is 13.2 Å². The summed E-state index contributed by atoms with van der Waals surface area (Å²) < 4.78 is 25.3. The van der Waals surface area contributed by atoms with Gasteiger partial charge in [0, 0.05) is 26.1 Å². The average Bonchev–Trinajstić information content (AvgIpc) is 2.47. The van der Waals surface area contributed by atoms with Crippen molar-refractivity contribution in [2.24, 2.45) is 5.92 Å². The molecule has 2 N–H and O–H groups in total. The molecule has 1 rings (SSSR count). The van der Waals surface area contributed by atoms with Crippen LogP contribution in [0.1, 0.15) is 39.5 Å². The van der Waals surface area contributed by atoms with Crippen LogP contribution in [0, 0.1) is 5.92 Å². The molecule has 1 saturated heterocycles. The zero-order valence-corrected chi connectivity index (χ0v) is 15.3. The van der Waals surface area contributed by atoms with E-state index in [0.29, 0.717) is 25.4 Å². The molecule has 0 bridgehead atoms. The van der Waals surface area contributed by atoms with Crippen LogP contribution in [0.5, 0.6) is 0 Å². The molecule has 1 heterocycles. The van der Waals surface area contributed by atoms with Gasteiger partial charge in [0.25, 0.3) is 0 Å². The van der Waals surface area contributed by atoms with Crippen molar-refractivity contribution in [1.29, 1.82) is 0 Å². The topological polar surface area (TPSA) is 78.5 Å². The van der Waals surface area contributed by atoms with Gasteiger partial charge in [0.05, 0.1) is 5.75 Å². The van der Waals surface area contributed by atoms with E-state index in [2.05, 4.69) is 10.6 Å². The smallest absolute Gasteiger partial charge is 0.220 e. The lowest BCUT2D eigenvalue weighted by molar-refractivity contribution is -0.121. The number of sulfonamides is 1. The molecule has 0 aromatic carbocycles. The molecule has 1 fully saturated rings. The highest BCUT2D eigenvalue weighted by Gasteiger charge is 2.19. The zero-order chi connectivity index (χ0) is 15.7. The minimum absolute atomic E-state index is 0. The molecular formula is C14H30ClN3O3S. The summed E-state index contributed by atoms with van der Waals surface area (Å²) in [5.41, 5.74) is 0. The molecule has 8 heteroatoms. The molecule has 0 aliphatic carbocycles. The predicted molar refractivity (Wildman–Crippen MR) is 91.8 cm³/mol. The van der Waals surface area contributed by atoms with E-state index in [4.69, 9.17) is 0 Å². The molecule has 0 atom stereocenters. The molecule has 1 amide bonds. The Morgan fingerprint density at radius 3 is 2.36 bits per heavy atom. The normalized spacial score (nSPS) is 16.3. The van der Waals surface area contributed by atoms with Gasteiger partial charge in [0.15, 0.2) is 0 Å². The van der Waals surface area contributed by atoms with Gasteiger partial charge in [-0.3, -0.25) is 4.79 Å². The highest BCUT2D eigenvalue weighted by Crippen LogP contribution is 2.17. The van der Waals surface area contributed by atoms with Crippen LogP contribution in [-0.4, -0.2) is 57.1 Å². The highest BCUT2D eigenvalue weighted by atomic mass is 35.5. The second kappa shape index (κ2) is 11.2. The van der Waals surface area contributed by atoms with Gasteiger partial charge in [0.2, 0.25) is 15.9 Å². The lowest BCUT2D eigenvalue weighted by atomic mass is 9.93. The van der Waals surface area contributed by atoms with Crippen LogP contribution in [0.15, 0.2) is 0 Å². The first kappa shape index (κ1) is 21.6. The summed E-state index contributed by atoms with van der Waals surface area (Å²) >= 11 is 0. The highest BCUT2D eigenvalue weighted by molar-refractivity contribution is 7.89. The fraction of sp³-hybridized carbons (Fsp3) is 0.929. The van der Waals surface area contributed by atoms with Crippen molar-refractivity contribution in [3.05, 3.63) is 0 Å². The molecule has 1 aliphatic rings. The Labute approximate surface area is 140 Å². The maximum absolute atomic E-state index is 11.9. The van der Waals surface area contributed by atoms with Gasteiger partial charge in [0.1, 0.15) is 0 Å². The maximum Gasteiger partial charge on any atom is 0.220 e. The Balaban J connectivity index is 0.00000441. The van der Waals surface area contributed by atoms with Gasteiger partial charge in [-0.25, -0.2) is 12.7 Å². The van der Waals surface area contributed by atoms with Gasteiger partial charge >= 0.3 is 0 Å². The van der Waals surface area contributed by atoms with Gasteiger partial charge in [-0.1, -0.05) is 13.8 Å². The Morgan fingerprint density at radius 2 is 1.82 bits per heavy atom. The minimum Gasteiger partial charge on any atom is -0.355 e. The first-order valence-corrected chi connectivity index (χ1v) is 9.55. The summed E-state index contributed by atoms with van der Waals surface area (Å²) in [6.07, 6.45) is 3.65. The molecular weight excluding hydrogens is 326 g/mol. The van der Waals surface area contributed by atoms with E-state index in [1.54, 1.807) is 0 Å². The number of halogens is 1. The van der Waals surface area contributed by atoms with E-state index in [-0.39, 0.29) is 30.6 Å². The van der Waals surface area contributed by atoms with Crippen LogP contribution in [0.2, 0.25) is 0 Å². The Hall–Kier alpha value is -0.370. The number of hydrogen-bond donors (Lipinski definition) is 2. The summed E-state index contributed by atoms with van der Waals surface area (Å²) in [5.74, 6) is 0.563. The van der Waals surface area contributed by atoms with Crippen molar-refractivity contribution in [3.8, 4) is 0 Å². The second-order valence-corrected chi connectivity index (χ2v) is 7.57. The maximum atomic E-state index is 11.9. The lowest BCUT2D eigenvalue weighted by Crippen LogP contribution is -2.37. The number of nitrogens with one attached hydrogen (secondary N) is 2. The van der Waals surface area contributed by atoms with Crippen LogP contribution >= 0.6 is 12.4 Å². The third-order valence-corrected chi connectivity index (χ3v) is 6.04. The number of carbonyl (C=O) groups is 1. The molecule has 22 heavy (non-hydrogen) atoms. The Kier molecular flexibility index (Phi) is 11.0. The minimum atomic E-state index is -3.24. The largest absolute Gasteiger partial charge is 0.355 e. The number of nitrogens with zero attached hydrogens (tertiary/aromatic N) is 1. The number of amides is 1. The summed E-state index contributed by atoms with van der Waals surface area (Å²) in [4.78, 5) is 11.7. The Bertz CT molecular complexity index is 408. The summed E-state index contributed by atoms with van der Waals surface area (Å²) in [5, 5.41) is 6.02. The van der Waals surface area contributed by atoms with E-state index in [1.807, 2.05) is 13.8 Å². The number of carbonyl (C=O) groups excluding carboxylic acids is 1. The quantitative estimate of drug-likeness (QED) is 0.646. The lowest BCUT2D eigenvalue weighted by Gasteiger charge is -2.22. The average molecular weight is 356 g/mol. The van der Waals surface area contributed by atoms with Crippen LogP contribution in [0.4, 0.5) is 0 Å². The fourth-order valence-corrected chi connectivity index (χ4v) is 4.06. The molecule has 132 valence electrons. The SMILES string of the molecule is CCN(CC)S(=O)(=O)CCNC(=O)CCC1CCNCC1.Cl. The zero-order valence-electron chi connectivity index (χ0n) is 13.6. The molecule has 0 saturated carbocycles. The summed E-state index contributed by atoms with van der Waals surface area (Å²) in [6, 6.07) is 0. The first-order valence-electron chi connectivity index (χ1n) is 7.94. The van der Waals surface area contributed by atoms with E-state index < -0.39 is 10.0 Å². The van der Waals surface area contributed by atoms with Crippen molar-refractivity contribution in [3.63, 3.8) is 0 Å². The van der Waals surface area contributed by atoms with E-state index in [0.717, 1.165) is 32.4 Å². The molecule has 6 nitrogen and oxygen atoms in total. The van der Waals surface area contributed by atoms with Crippen LogP contribution in [-0.2, 0) is 14.8 Å². The Morgan fingerprint density at radius 1 is 1.23 bits per heavy atom. The van der Waals surface area contributed by atoms with Gasteiger partial charge < -0.3 is 10.6 Å². The van der Waals surface area contributed by atoms with Gasteiger partial charge in [-0.15, -0.1) is 12.4 Å².